The van der Waals surface area contributed by atoms with E-state index in [1.165, 1.54) is 12.1 Å². The Kier molecular flexibility index (Phi) is 4.82. The molecular formula is C17H27N5O. The Morgan fingerprint density at radius 1 is 1.43 bits per heavy atom. The number of likely N-dealkylation sites (N-methyl/N-ethyl adjacent to an activating group) is 1. The highest BCUT2D eigenvalue weighted by molar-refractivity contribution is 5.07. The molecule has 0 aliphatic carbocycles. The first-order chi connectivity index (χ1) is 11.0. The minimum absolute atomic E-state index is 0.286. The molecule has 1 aliphatic rings. The molecule has 1 atom stereocenters. The van der Waals surface area contributed by atoms with Crippen LogP contribution in [-0.2, 0) is 20.1 Å². The summed E-state index contributed by atoms with van der Waals surface area (Å²) in [5, 5.41) is 4.10. The monoisotopic (exact) mass is 317 g/mol. The van der Waals surface area contributed by atoms with Crippen molar-refractivity contribution in [2.45, 2.75) is 45.3 Å². The molecule has 0 spiro atoms. The molecule has 1 saturated heterocycles. The van der Waals surface area contributed by atoms with Gasteiger partial charge in [0.2, 0.25) is 5.89 Å². The summed E-state index contributed by atoms with van der Waals surface area (Å²) in [6, 6.07) is 4.86. The van der Waals surface area contributed by atoms with E-state index in [0.717, 1.165) is 37.9 Å². The SMILES string of the molecule is CC(C)c1nc(CN(C)C2CCN(Cc3cccn3C)C2)no1. The number of likely N-dealkylation sites (tertiary alicyclic amines) is 1. The maximum absolute atomic E-state index is 5.29. The Morgan fingerprint density at radius 3 is 2.91 bits per heavy atom. The zero-order valence-electron chi connectivity index (χ0n) is 14.6. The maximum Gasteiger partial charge on any atom is 0.229 e. The van der Waals surface area contributed by atoms with Gasteiger partial charge in [-0.25, -0.2) is 0 Å². The Morgan fingerprint density at radius 2 is 2.26 bits per heavy atom. The predicted octanol–water partition coefficient (Wildman–Crippen LogP) is 2.24. The first-order valence-electron chi connectivity index (χ1n) is 8.38. The molecule has 0 aromatic carbocycles. The third-order valence-electron chi connectivity index (χ3n) is 4.68. The van der Waals surface area contributed by atoms with Crippen molar-refractivity contribution in [3.05, 3.63) is 35.7 Å². The van der Waals surface area contributed by atoms with Gasteiger partial charge in [-0.1, -0.05) is 19.0 Å². The third-order valence-corrected chi connectivity index (χ3v) is 4.68. The lowest BCUT2D eigenvalue weighted by molar-refractivity contribution is 0.214. The quantitative estimate of drug-likeness (QED) is 0.818. The Balaban J connectivity index is 1.52. The van der Waals surface area contributed by atoms with E-state index in [9.17, 15) is 0 Å². The summed E-state index contributed by atoms with van der Waals surface area (Å²) in [6.07, 6.45) is 3.30. The number of nitrogens with zero attached hydrogens (tertiary/aromatic N) is 5. The summed E-state index contributed by atoms with van der Waals surface area (Å²) in [5.41, 5.74) is 1.37. The highest BCUT2D eigenvalue weighted by Crippen LogP contribution is 2.19. The van der Waals surface area contributed by atoms with Crippen LogP contribution in [0.2, 0.25) is 0 Å². The van der Waals surface area contributed by atoms with Gasteiger partial charge in [-0.3, -0.25) is 9.80 Å². The predicted molar refractivity (Wildman–Crippen MR) is 88.9 cm³/mol. The van der Waals surface area contributed by atoms with E-state index in [4.69, 9.17) is 4.52 Å². The van der Waals surface area contributed by atoms with Gasteiger partial charge in [0.1, 0.15) is 0 Å². The molecule has 23 heavy (non-hydrogen) atoms. The van der Waals surface area contributed by atoms with E-state index in [-0.39, 0.29) is 5.92 Å². The molecule has 6 heteroatoms. The van der Waals surface area contributed by atoms with Gasteiger partial charge < -0.3 is 9.09 Å². The lowest BCUT2D eigenvalue weighted by Gasteiger charge is -2.23. The summed E-state index contributed by atoms with van der Waals surface area (Å²) in [7, 11) is 4.26. The van der Waals surface area contributed by atoms with Crippen molar-refractivity contribution >= 4 is 0 Å². The average Bonchev–Trinajstić information content (AvgIpc) is 3.22. The number of hydrogen-bond acceptors (Lipinski definition) is 5. The highest BCUT2D eigenvalue weighted by atomic mass is 16.5. The molecule has 0 N–H and O–H groups in total. The molecule has 0 radical (unpaired) electrons. The van der Waals surface area contributed by atoms with Crippen LogP contribution < -0.4 is 0 Å². The van der Waals surface area contributed by atoms with Crippen LogP contribution in [0, 0.1) is 0 Å². The summed E-state index contributed by atoms with van der Waals surface area (Å²) in [6.45, 7) is 8.14. The summed E-state index contributed by atoms with van der Waals surface area (Å²) >= 11 is 0. The number of hydrogen-bond donors (Lipinski definition) is 0. The van der Waals surface area contributed by atoms with Crippen LogP contribution in [0.4, 0.5) is 0 Å². The van der Waals surface area contributed by atoms with Gasteiger partial charge in [-0.15, -0.1) is 0 Å². The van der Waals surface area contributed by atoms with Crippen molar-refractivity contribution < 1.29 is 4.52 Å². The highest BCUT2D eigenvalue weighted by Gasteiger charge is 2.27. The molecule has 0 amide bonds. The summed E-state index contributed by atoms with van der Waals surface area (Å²) in [4.78, 5) is 9.34. The second kappa shape index (κ2) is 6.84. The van der Waals surface area contributed by atoms with Gasteiger partial charge >= 0.3 is 0 Å². The van der Waals surface area contributed by atoms with Crippen molar-refractivity contribution in [1.82, 2.24) is 24.5 Å². The second-order valence-corrected chi connectivity index (χ2v) is 6.91. The fraction of sp³-hybridized carbons (Fsp3) is 0.647. The molecule has 3 heterocycles. The molecule has 0 saturated carbocycles. The smallest absolute Gasteiger partial charge is 0.229 e. The van der Waals surface area contributed by atoms with Crippen molar-refractivity contribution in [3.8, 4) is 0 Å². The number of rotatable bonds is 6. The zero-order valence-corrected chi connectivity index (χ0v) is 14.6. The molecule has 126 valence electrons. The fourth-order valence-corrected chi connectivity index (χ4v) is 3.12. The molecule has 0 bridgehead atoms. The van der Waals surface area contributed by atoms with Gasteiger partial charge in [0, 0.05) is 50.5 Å². The van der Waals surface area contributed by atoms with E-state index >= 15 is 0 Å². The van der Waals surface area contributed by atoms with E-state index in [1.54, 1.807) is 0 Å². The Labute approximate surface area is 138 Å². The van der Waals surface area contributed by atoms with Crippen molar-refractivity contribution in [1.29, 1.82) is 0 Å². The van der Waals surface area contributed by atoms with Gasteiger partial charge in [0.05, 0.1) is 6.54 Å². The van der Waals surface area contributed by atoms with Crippen molar-refractivity contribution in [2.75, 3.05) is 20.1 Å². The van der Waals surface area contributed by atoms with Crippen LogP contribution in [0.5, 0.6) is 0 Å². The maximum atomic E-state index is 5.29. The molecule has 6 nitrogen and oxygen atoms in total. The molecular weight excluding hydrogens is 290 g/mol. The normalized spacial score (nSPS) is 19.3. The summed E-state index contributed by atoms with van der Waals surface area (Å²) < 4.78 is 7.49. The average molecular weight is 317 g/mol. The van der Waals surface area contributed by atoms with E-state index < -0.39 is 0 Å². The van der Waals surface area contributed by atoms with E-state index in [1.807, 2.05) is 0 Å². The van der Waals surface area contributed by atoms with Crippen LogP contribution in [0.3, 0.4) is 0 Å². The van der Waals surface area contributed by atoms with Crippen LogP contribution >= 0.6 is 0 Å². The lowest BCUT2D eigenvalue weighted by atomic mass is 10.2. The van der Waals surface area contributed by atoms with E-state index in [0.29, 0.717) is 6.04 Å². The molecule has 1 aliphatic heterocycles. The van der Waals surface area contributed by atoms with E-state index in [2.05, 4.69) is 70.8 Å². The van der Waals surface area contributed by atoms with Gasteiger partial charge in [0.15, 0.2) is 5.82 Å². The van der Waals surface area contributed by atoms with Crippen LogP contribution in [0.1, 0.15) is 43.6 Å². The summed E-state index contributed by atoms with van der Waals surface area (Å²) in [5.74, 6) is 1.80. The molecule has 2 aromatic rings. The topological polar surface area (TPSA) is 50.3 Å². The minimum atomic E-state index is 0.286. The van der Waals surface area contributed by atoms with Crippen molar-refractivity contribution in [2.24, 2.45) is 7.05 Å². The zero-order chi connectivity index (χ0) is 16.4. The standard InChI is InChI=1S/C17H27N5O/c1-13(2)17-18-16(19-23-17)12-21(4)15-7-9-22(11-15)10-14-6-5-8-20(14)3/h5-6,8,13,15H,7,9-12H2,1-4H3. The first kappa shape index (κ1) is 16.2. The minimum Gasteiger partial charge on any atom is -0.353 e. The van der Waals surface area contributed by atoms with Gasteiger partial charge in [-0.05, 0) is 25.6 Å². The molecule has 2 aromatic heterocycles. The molecule has 1 fully saturated rings. The van der Waals surface area contributed by atoms with Gasteiger partial charge in [-0.2, -0.15) is 4.98 Å². The third kappa shape index (κ3) is 3.82. The Hall–Kier alpha value is -1.66. The largest absolute Gasteiger partial charge is 0.353 e. The first-order valence-corrected chi connectivity index (χ1v) is 8.38. The number of aromatic nitrogens is 3. The van der Waals surface area contributed by atoms with Crippen LogP contribution in [0.15, 0.2) is 22.9 Å². The van der Waals surface area contributed by atoms with Crippen LogP contribution in [0.25, 0.3) is 0 Å². The molecule has 3 rings (SSSR count). The molecule has 1 unspecified atom stereocenters. The van der Waals surface area contributed by atoms with Crippen LogP contribution in [-0.4, -0.2) is 50.7 Å². The fourth-order valence-electron chi connectivity index (χ4n) is 3.12. The lowest BCUT2D eigenvalue weighted by Crippen LogP contribution is -2.34. The Bertz CT molecular complexity index is 632. The number of aryl methyl sites for hydroxylation is 1. The van der Waals surface area contributed by atoms with Crippen molar-refractivity contribution in [3.63, 3.8) is 0 Å². The van der Waals surface area contributed by atoms with Gasteiger partial charge in [0.25, 0.3) is 0 Å². The second-order valence-electron chi connectivity index (χ2n) is 6.91.